The maximum absolute atomic E-state index is 12.0. The van der Waals surface area contributed by atoms with E-state index in [1.54, 1.807) is 6.07 Å². The number of amides is 1. The Balaban J connectivity index is 2.21. The van der Waals surface area contributed by atoms with E-state index in [9.17, 15) is 13.2 Å². The third-order valence-electron chi connectivity index (χ3n) is 3.08. The highest BCUT2D eigenvalue weighted by molar-refractivity contribution is 7.89. The number of carbonyl (C=O) groups is 1. The van der Waals surface area contributed by atoms with Crippen LogP contribution in [0.2, 0.25) is 0 Å². The van der Waals surface area contributed by atoms with Gasteiger partial charge in [0.2, 0.25) is 15.9 Å². The first kappa shape index (κ1) is 13.9. The summed E-state index contributed by atoms with van der Waals surface area (Å²) < 4.78 is 22.4. The Kier molecular flexibility index (Phi) is 3.33. The zero-order chi connectivity index (χ0) is 14.3. The molecule has 0 heterocycles. The van der Waals surface area contributed by atoms with Gasteiger partial charge in [-0.2, -0.15) is 0 Å². The highest BCUT2D eigenvalue weighted by atomic mass is 32.2. The minimum Gasteiger partial charge on any atom is -0.392 e. The SMILES string of the molecule is NC(=S)C1(C(=O)Nc2cccc(S(N)(=O)=O)c2)CC1. The summed E-state index contributed by atoms with van der Waals surface area (Å²) in [6, 6.07) is 5.71. The number of sulfonamides is 1. The van der Waals surface area contributed by atoms with Crippen LogP contribution in [0.15, 0.2) is 29.2 Å². The molecule has 1 fully saturated rings. The fourth-order valence-corrected chi connectivity index (χ4v) is 2.57. The minimum atomic E-state index is -3.80. The van der Waals surface area contributed by atoms with Crippen LogP contribution in [0.1, 0.15) is 12.8 Å². The van der Waals surface area contributed by atoms with Crippen LogP contribution in [0.25, 0.3) is 0 Å². The number of hydrogen-bond donors (Lipinski definition) is 3. The van der Waals surface area contributed by atoms with Crippen molar-refractivity contribution in [1.82, 2.24) is 0 Å². The Bertz CT molecular complexity index is 651. The predicted molar refractivity (Wildman–Crippen MR) is 74.9 cm³/mol. The lowest BCUT2D eigenvalue weighted by Gasteiger charge is -2.13. The molecule has 102 valence electrons. The van der Waals surface area contributed by atoms with Gasteiger partial charge in [0.1, 0.15) is 0 Å². The van der Waals surface area contributed by atoms with Gasteiger partial charge >= 0.3 is 0 Å². The van der Waals surface area contributed by atoms with Gasteiger partial charge < -0.3 is 11.1 Å². The molecule has 8 heteroatoms. The molecule has 0 unspecified atom stereocenters. The highest BCUT2D eigenvalue weighted by Crippen LogP contribution is 2.46. The van der Waals surface area contributed by atoms with E-state index in [1.807, 2.05) is 0 Å². The van der Waals surface area contributed by atoms with Crippen molar-refractivity contribution in [1.29, 1.82) is 0 Å². The largest absolute Gasteiger partial charge is 0.392 e. The summed E-state index contributed by atoms with van der Waals surface area (Å²) in [5.74, 6) is -0.313. The van der Waals surface area contributed by atoms with E-state index in [0.717, 1.165) is 0 Å². The van der Waals surface area contributed by atoms with E-state index >= 15 is 0 Å². The van der Waals surface area contributed by atoms with Gasteiger partial charge in [-0.25, -0.2) is 13.6 Å². The van der Waals surface area contributed by atoms with E-state index in [0.29, 0.717) is 18.5 Å². The van der Waals surface area contributed by atoms with Crippen LogP contribution in [0, 0.1) is 5.41 Å². The maximum Gasteiger partial charge on any atom is 0.238 e. The van der Waals surface area contributed by atoms with Crippen molar-refractivity contribution in [3.05, 3.63) is 24.3 Å². The summed E-state index contributed by atoms with van der Waals surface area (Å²) in [6.07, 6.45) is 1.23. The molecule has 1 aliphatic rings. The van der Waals surface area contributed by atoms with Crippen molar-refractivity contribution < 1.29 is 13.2 Å². The van der Waals surface area contributed by atoms with Crippen LogP contribution < -0.4 is 16.2 Å². The number of benzene rings is 1. The Morgan fingerprint density at radius 3 is 2.47 bits per heavy atom. The molecule has 1 aromatic rings. The average Bonchev–Trinajstić information content (AvgIpc) is 3.09. The van der Waals surface area contributed by atoms with Crippen molar-refractivity contribution in [2.75, 3.05) is 5.32 Å². The number of hydrogen-bond acceptors (Lipinski definition) is 4. The van der Waals surface area contributed by atoms with Gasteiger partial charge in [-0.1, -0.05) is 18.3 Å². The Labute approximate surface area is 116 Å². The van der Waals surface area contributed by atoms with E-state index in [4.69, 9.17) is 23.1 Å². The lowest BCUT2D eigenvalue weighted by atomic mass is 10.1. The zero-order valence-corrected chi connectivity index (χ0v) is 11.6. The molecule has 0 aromatic heterocycles. The Morgan fingerprint density at radius 1 is 1.37 bits per heavy atom. The van der Waals surface area contributed by atoms with Gasteiger partial charge in [0.15, 0.2) is 0 Å². The van der Waals surface area contributed by atoms with E-state index in [2.05, 4.69) is 5.32 Å². The second-order valence-electron chi connectivity index (χ2n) is 4.47. The van der Waals surface area contributed by atoms with Crippen LogP contribution in [-0.4, -0.2) is 19.3 Å². The van der Waals surface area contributed by atoms with Crippen LogP contribution in [0.4, 0.5) is 5.69 Å². The lowest BCUT2D eigenvalue weighted by molar-refractivity contribution is -0.118. The quantitative estimate of drug-likeness (QED) is 0.693. The highest BCUT2D eigenvalue weighted by Gasteiger charge is 2.52. The number of thiocarbonyl (C=S) groups is 1. The molecule has 1 amide bonds. The molecule has 5 N–H and O–H groups in total. The Hall–Kier alpha value is -1.51. The standard InChI is InChI=1S/C11H13N3O3S2/c12-9(18)11(4-5-11)10(15)14-7-2-1-3-8(6-7)19(13,16)17/h1-3,6H,4-5H2,(H2,12,18)(H,14,15)(H2,13,16,17). The summed E-state index contributed by atoms with van der Waals surface area (Å²) >= 11 is 4.87. The van der Waals surface area contributed by atoms with Crippen molar-refractivity contribution in [3.8, 4) is 0 Å². The molecule has 0 atom stereocenters. The molecule has 1 aliphatic carbocycles. The summed E-state index contributed by atoms with van der Waals surface area (Å²) in [7, 11) is -3.80. The zero-order valence-electron chi connectivity index (χ0n) is 9.92. The molecule has 0 radical (unpaired) electrons. The molecular formula is C11H13N3O3S2. The van der Waals surface area contributed by atoms with Crippen molar-refractivity contribution in [2.24, 2.45) is 16.3 Å². The maximum atomic E-state index is 12.0. The second kappa shape index (κ2) is 4.55. The second-order valence-corrected chi connectivity index (χ2v) is 6.47. The first-order valence-corrected chi connectivity index (χ1v) is 7.45. The van der Waals surface area contributed by atoms with Gasteiger partial charge in [0.25, 0.3) is 0 Å². The van der Waals surface area contributed by atoms with Crippen molar-refractivity contribution in [2.45, 2.75) is 17.7 Å². The fourth-order valence-electron chi connectivity index (χ4n) is 1.71. The van der Waals surface area contributed by atoms with Gasteiger partial charge in [-0.3, -0.25) is 4.79 Å². The van der Waals surface area contributed by atoms with Crippen LogP contribution in [0.5, 0.6) is 0 Å². The summed E-state index contributed by atoms with van der Waals surface area (Å²) in [6.45, 7) is 0. The Morgan fingerprint density at radius 2 is 2.00 bits per heavy atom. The summed E-state index contributed by atoms with van der Waals surface area (Å²) in [4.78, 5) is 12.1. The molecule has 6 nitrogen and oxygen atoms in total. The smallest absolute Gasteiger partial charge is 0.238 e. The third-order valence-corrected chi connectivity index (χ3v) is 4.38. The normalized spacial score (nSPS) is 16.7. The topological polar surface area (TPSA) is 115 Å². The molecule has 1 saturated carbocycles. The van der Waals surface area contributed by atoms with Crippen LogP contribution >= 0.6 is 12.2 Å². The monoisotopic (exact) mass is 299 g/mol. The number of anilines is 1. The first-order chi connectivity index (χ1) is 8.75. The molecule has 2 rings (SSSR count). The molecule has 0 bridgehead atoms. The lowest BCUT2D eigenvalue weighted by Crippen LogP contribution is -2.35. The number of carbonyl (C=O) groups excluding carboxylic acids is 1. The molecule has 0 aliphatic heterocycles. The number of primary sulfonamides is 1. The van der Waals surface area contributed by atoms with E-state index < -0.39 is 15.4 Å². The number of nitrogens with one attached hydrogen (secondary N) is 1. The molecular weight excluding hydrogens is 286 g/mol. The molecule has 1 aromatic carbocycles. The van der Waals surface area contributed by atoms with Crippen LogP contribution in [0.3, 0.4) is 0 Å². The van der Waals surface area contributed by atoms with Gasteiger partial charge in [-0.15, -0.1) is 0 Å². The third kappa shape index (κ3) is 2.75. The van der Waals surface area contributed by atoms with E-state index in [1.165, 1.54) is 18.2 Å². The predicted octanol–water partition coefficient (Wildman–Crippen LogP) is 0.339. The number of nitrogens with two attached hydrogens (primary N) is 2. The fraction of sp³-hybridized carbons (Fsp3) is 0.273. The number of rotatable bonds is 4. The summed E-state index contributed by atoms with van der Waals surface area (Å²) in [5, 5.41) is 7.63. The van der Waals surface area contributed by atoms with Crippen molar-refractivity contribution >= 4 is 38.8 Å². The van der Waals surface area contributed by atoms with Crippen LogP contribution in [-0.2, 0) is 14.8 Å². The first-order valence-electron chi connectivity index (χ1n) is 5.50. The van der Waals surface area contributed by atoms with Gasteiger partial charge in [0, 0.05) is 5.69 Å². The average molecular weight is 299 g/mol. The summed E-state index contributed by atoms with van der Waals surface area (Å²) in [5.41, 5.74) is 5.10. The van der Waals surface area contributed by atoms with Gasteiger partial charge in [-0.05, 0) is 31.0 Å². The molecule has 19 heavy (non-hydrogen) atoms. The molecule has 0 spiro atoms. The molecule has 0 saturated heterocycles. The van der Waals surface area contributed by atoms with Gasteiger partial charge in [0.05, 0.1) is 15.3 Å². The van der Waals surface area contributed by atoms with Crippen molar-refractivity contribution in [3.63, 3.8) is 0 Å². The van der Waals surface area contributed by atoms with E-state index in [-0.39, 0.29) is 15.8 Å². The minimum absolute atomic E-state index is 0.0644.